The van der Waals surface area contributed by atoms with Crippen molar-refractivity contribution >= 4 is 17.5 Å². The molecule has 1 aromatic heterocycles. The van der Waals surface area contributed by atoms with Crippen molar-refractivity contribution in [1.29, 1.82) is 0 Å². The molecule has 0 fully saturated rings. The number of benzene rings is 1. The van der Waals surface area contributed by atoms with Gasteiger partial charge in [0.1, 0.15) is 0 Å². The smallest absolute Gasteiger partial charge is 0.255 e. The van der Waals surface area contributed by atoms with Gasteiger partial charge in [-0.25, -0.2) is 0 Å². The van der Waals surface area contributed by atoms with Crippen molar-refractivity contribution in [1.82, 2.24) is 15.6 Å². The van der Waals surface area contributed by atoms with Crippen molar-refractivity contribution < 1.29 is 9.59 Å². The Morgan fingerprint density at radius 3 is 2.50 bits per heavy atom. The molecular weight excluding hydrogens is 304 g/mol. The van der Waals surface area contributed by atoms with Crippen molar-refractivity contribution in [2.24, 2.45) is 0 Å². The molecule has 1 aromatic carbocycles. The van der Waals surface area contributed by atoms with Crippen LogP contribution in [0.15, 0.2) is 42.7 Å². The van der Waals surface area contributed by atoms with Gasteiger partial charge in [-0.15, -0.1) is 0 Å². The van der Waals surface area contributed by atoms with E-state index in [1.165, 1.54) is 0 Å². The van der Waals surface area contributed by atoms with Gasteiger partial charge in [0, 0.05) is 24.5 Å². The van der Waals surface area contributed by atoms with Crippen LogP contribution in [-0.4, -0.2) is 36.9 Å². The average Bonchev–Trinajstić information content (AvgIpc) is 2.61. The number of nitrogens with one attached hydrogen (secondary N) is 3. The highest BCUT2D eigenvalue weighted by molar-refractivity contribution is 6.09. The predicted octanol–water partition coefficient (Wildman–Crippen LogP) is 1.98. The van der Waals surface area contributed by atoms with Gasteiger partial charge in [0.2, 0.25) is 0 Å². The number of carbonyl (C=O) groups excluding carboxylic acids is 2. The van der Waals surface area contributed by atoms with Gasteiger partial charge in [-0.3, -0.25) is 14.6 Å². The van der Waals surface area contributed by atoms with Crippen molar-refractivity contribution in [3.8, 4) is 0 Å². The van der Waals surface area contributed by atoms with Crippen molar-refractivity contribution in [3.05, 3.63) is 59.4 Å². The lowest BCUT2D eigenvalue weighted by molar-refractivity contribution is 0.0954. The number of anilines is 1. The Hall–Kier alpha value is -2.73. The van der Waals surface area contributed by atoms with Crippen LogP contribution in [0.5, 0.6) is 0 Å². The number of carbonyl (C=O) groups is 2. The first-order valence-electron chi connectivity index (χ1n) is 7.87. The molecule has 0 bridgehead atoms. The summed E-state index contributed by atoms with van der Waals surface area (Å²) in [4.78, 5) is 28.7. The Balaban J connectivity index is 2.14. The quantitative estimate of drug-likeness (QED) is 0.680. The third-order valence-electron chi connectivity index (χ3n) is 3.59. The molecule has 0 aliphatic carbocycles. The van der Waals surface area contributed by atoms with E-state index in [1.807, 2.05) is 20.0 Å². The van der Waals surface area contributed by atoms with E-state index in [2.05, 4.69) is 20.9 Å². The highest BCUT2D eigenvalue weighted by Crippen LogP contribution is 2.21. The van der Waals surface area contributed by atoms with Crippen LogP contribution < -0.4 is 16.0 Å². The van der Waals surface area contributed by atoms with Crippen LogP contribution in [0.2, 0.25) is 0 Å². The number of pyridine rings is 1. The summed E-state index contributed by atoms with van der Waals surface area (Å²) < 4.78 is 0. The lowest BCUT2D eigenvalue weighted by Gasteiger charge is -2.14. The highest BCUT2D eigenvalue weighted by Gasteiger charge is 2.16. The summed E-state index contributed by atoms with van der Waals surface area (Å²) in [6.45, 7) is 3.27. The standard InChI is InChI=1S/C18H22N4O2/c1-13-5-3-6-15(18(24)21-10-4-9-19-2)16(13)22-17(23)14-7-11-20-12-8-14/h3,5-8,11-12,19H,4,9-10H2,1-2H3,(H,21,24)(H,22,23). The largest absolute Gasteiger partial charge is 0.352 e. The molecule has 2 aromatic rings. The third kappa shape index (κ3) is 4.63. The van der Waals surface area contributed by atoms with E-state index in [1.54, 1.807) is 36.7 Å². The second kappa shape index (κ2) is 8.79. The Morgan fingerprint density at radius 2 is 1.79 bits per heavy atom. The average molecular weight is 326 g/mol. The summed E-state index contributed by atoms with van der Waals surface area (Å²) in [5.74, 6) is -0.462. The molecule has 0 atom stereocenters. The van der Waals surface area contributed by atoms with Gasteiger partial charge in [-0.2, -0.15) is 0 Å². The summed E-state index contributed by atoms with van der Waals surface area (Å²) in [6, 6.07) is 8.64. The minimum absolute atomic E-state index is 0.195. The minimum atomic E-state index is -0.268. The molecule has 0 saturated carbocycles. The maximum Gasteiger partial charge on any atom is 0.255 e. The van der Waals surface area contributed by atoms with E-state index >= 15 is 0 Å². The van der Waals surface area contributed by atoms with Crippen molar-refractivity contribution in [3.63, 3.8) is 0 Å². The van der Waals surface area contributed by atoms with Gasteiger partial charge in [0.05, 0.1) is 11.3 Å². The first-order valence-corrected chi connectivity index (χ1v) is 7.87. The van der Waals surface area contributed by atoms with E-state index in [4.69, 9.17) is 0 Å². The predicted molar refractivity (Wildman–Crippen MR) is 94.2 cm³/mol. The SMILES string of the molecule is CNCCCNC(=O)c1cccc(C)c1NC(=O)c1ccncc1. The maximum absolute atomic E-state index is 12.4. The van der Waals surface area contributed by atoms with Crippen LogP contribution >= 0.6 is 0 Å². The normalized spacial score (nSPS) is 10.2. The number of aryl methyl sites for hydroxylation is 1. The van der Waals surface area contributed by atoms with Gasteiger partial charge >= 0.3 is 0 Å². The minimum Gasteiger partial charge on any atom is -0.352 e. The molecule has 0 spiro atoms. The lowest BCUT2D eigenvalue weighted by atomic mass is 10.1. The van der Waals surface area contributed by atoms with Gasteiger partial charge in [-0.1, -0.05) is 12.1 Å². The van der Waals surface area contributed by atoms with E-state index in [9.17, 15) is 9.59 Å². The second-order valence-corrected chi connectivity index (χ2v) is 5.40. The van der Waals surface area contributed by atoms with Gasteiger partial charge in [0.15, 0.2) is 0 Å². The number of hydrogen-bond donors (Lipinski definition) is 3. The third-order valence-corrected chi connectivity index (χ3v) is 3.59. The molecule has 126 valence electrons. The Labute approximate surface area is 141 Å². The van der Waals surface area contributed by atoms with E-state index in [-0.39, 0.29) is 11.8 Å². The van der Waals surface area contributed by atoms with Crippen LogP contribution in [0.3, 0.4) is 0 Å². The summed E-state index contributed by atoms with van der Waals surface area (Å²) in [7, 11) is 1.87. The number of amides is 2. The van der Waals surface area contributed by atoms with Crippen LogP contribution in [0, 0.1) is 6.92 Å². The number of para-hydroxylation sites is 1. The summed E-state index contributed by atoms with van der Waals surface area (Å²) in [6.07, 6.45) is 3.96. The fourth-order valence-corrected chi connectivity index (χ4v) is 2.27. The molecular formula is C18H22N4O2. The summed E-state index contributed by atoms with van der Waals surface area (Å²) in [5.41, 5.74) is 2.32. The molecule has 6 heteroatoms. The number of rotatable bonds is 7. The zero-order valence-electron chi connectivity index (χ0n) is 13.9. The molecule has 0 radical (unpaired) electrons. The summed E-state index contributed by atoms with van der Waals surface area (Å²) >= 11 is 0. The van der Waals surface area contributed by atoms with Crippen molar-refractivity contribution in [2.75, 3.05) is 25.5 Å². The van der Waals surface area contributed by atoms with Gasteiger partial charge < -0.3 is 16.0 Å². The Kier molecular flexibility index (Phi) is 6.45. The first kappa shape index (κ1) is 17.6. The topological polar surface area (TPSA) is 83.1 Å². The zero-order chi connectivity index (χ0) is 17.4. The highest BCUT2D eigenvalue weighted by atomic mass is 16.2. The molecule has 0 aliphatic heterocycles. The molecule has 6 nitrogen and oxygen atoms in total. The molecule has 2 amide bonds. The monoisotopic (exact) mass is 326 g/mol. The number of nitrogens with zero attached hydrogens (tertiary/aromatic N) is 1. The molecule has 0 saturated heterocycles. The first-order chi connectivity index (χ1) is 11.6. The maximum atomic E-state index is 12.4. The second-order valence-electron chi connectivity index (χ2n) is 5.40. The summed E-state index contributed by atoms with van der Waals surface area (Å²) in [5, 5.41) is 8.74. The van der Waals surface area contributed by atoms with E-state index in [0.29, 0.717) is 23.4 Å². The number of hydrogen-bond acceptors (Lipinski definition) is 4. The van der Waals surface area contributed by atoms with E-state index < -0.39 is 0 Å². The van der Waals surface area contributed by atoms with Crippen LogP contribution in [0.1, 0.15) is 32.7 Å². The Morgan fingerprint density at radius 1 is 1.04 bits per heavy atom. The van der Waals surface area contributed by atoms with Crippen molar-refractivity contribution in [2.45, 2.75) is 13.3 Å². The van der Waals surface area contributed by atoms with E-state index in [0.717, 1.165) is 18.5 Å². The molecule has 24 heavy (non-hydrogen) atoms. The fourth-order valence-electron chi connectivity index (χ4n) is 2.27. The molecule has 0 unspecified atom stereocenters. The molecule has 2 rings (SSSR count). The van der Waals surface area contributed by atoms with Gasteiger partial charge in [-0.05, 0) is 50.7 Å². The number of aromatic nitrogens is 1. The molecule has 0 aliphatic rings. The Bertz CT molecular complexity index is 701. The zero-order valence-corrected chi connectivity index (χ0v) is 13.9. The van der Waals surface area contributed by atoms with Crippen LogP contribution in [0.25, 0.3) is 0 Å². The van der Waals surface area contributed by atoms with Crippen LogP contribution in [0.4, 0.5) is 5.69 Å². The molecule has 1 heterocycles. The lowest BCUT2D eigenvalue weighted by Crippen LogP contribution is -2.28. The van der Waals surface area contributed by atoms with Crippen LogP contribution in [-0.2, 0) is 0 Å². The fraction of sp³-hybridized carbons (Fsp3) is 0.278. The van der Waals surface area contributed by atoms with Gasteiger partial charge in [0.25, 0.3) is 11.8 Å². The molecule has 3 N–H and O–H groups in total.